The van der Waals surface area contributed by atoms with Crippen molar-refractivity contribution in [1.29, 1.82) is 0 Å². The van der Waals surface area contributed by atoms with Gasteiger partial charge in [-0.1, -0.05) is 31.2 Å². The summed E-state index contributed by atoms with van der Waals surface area (Å²) in [5, 5.41) is 0. The van der Waals surface area contributed by atoms with Gasteiger partial charge >= 0.3 is 0 Å². The Bertz CT molecular complexity index is 327. The van der Waals surface area contributed by atoms with Crippen molar-refractivity contribution in [3.05, 3.63) is 35.4 Å². The maximum atomic E-state index is 2.44. The normalized spacial score (nSPS) is 36.9. The van der Waals surface area contributed by atoms with Crippen molar-refractivity contribution in [2.45, 2.75) is 32.1 Å². The monoisotopic (exact) mass is 158 g/mol. The minimum Gasteiger partial charge on any atom is -0.0620 e. The fraction of sp³-hybridized carbons (Fsp3) is 0.500. The van der Waals surface area contributed by atoms with E-state index in [4.69, 9.17) is 0 Å². The predicted octanol–water partition coefficient (Wildman–Crippen LogP) is 3.13. The number of aryl methyl sites for hydroxylation is 1. The molecule has 2 atom stereocenters. The van der Waals surface area contributed by atoms with Gasteiger partial charge in [0, 0.05) is 0 Å². The molecule has 2 aliphatic rings. The summed E-state index contributed by atoms with van der Waals surface area (Å²) in [5.74, 6) is 0.905. The first kappa shape index (κ1) is 6.71. The highest BCUT2D eigenvalue weighted by molar-refractivity contribution is 5.39. The van der Waals surface area contributed by atoms with Crippen molar-refractivity contribution in [2.24, 2.45) is 5.41 Å². The average Bonchev–Trinajstić information content (AvgIpc) is 2.78. The van der Waals surface area contributed by atoms with Gasteiger partial charge in [0.25, 0.3) is 0 Å². The SMILES string of the molecule is CC12CCc3ccccc3C1C2. The number of fused-ring (bicyclic) bond motifs is 3. The number of benzene rings is 1. The van der Waals surface area contributed by atoms with E-state index in [0.717, 1.165) is 5.92 Å². The van der Waals surface area contributed by atoms with Gasteiger partial charge in [-0.2, -0.15) is 0 Å². The van der Waals surface area contributed by atoms with Crippen LogP contribution in [0.4, 0.5) is 0 Å². The lowest BCUT2D eigenvalue weighted by Gasteiger charge is -2.20. The molecule has 0 aliphatic heterocycles. The molecule has 0 bridgehead atoms. The molecular weight excluding hydrogens is 144 g/mol. The minimum atomic E-state index is 0.689. The molecule has 0 aromatic heterocycles. The van der Waals surface area contributed by atoms with Crippen molar-refractivity contribution in [1.82, 2.24) is 0 Å². The molecule has 3 rings (SSSR count). The van der Waals surface area contributed by atoms with E-state index in [1.54, 1.807) is 11.1 Å². The van der Waals surface area contributed by atoms with Gasteiger partial charge in [0.2, 0.25) is 0 Å². The van der Waals surface area contributed by atoms with Crippen LogP contribution in [0, 0.1) is 5.41 Å². The summed E-state index contributed by atoms with van der Waals surface area (Å²) in [7, 11) is 0. The minimum absolute atomic E-state index is 0.689. The molecule has 62 valence electrons. The van der Waals surface area contributed by atoms with Crippen LogP contribution in [0.25, 0.3) is 0 Å². The van der Waals surface area contributed by atoms with E-state index in [1.807, 2.05) is 0 Å². The van der Waals surface area contributed by atoms with E-state index in [1.165, 1.54) is 19.3 Å². The highest BCUT2D eigenvalue weighted by Crippen LogP contribution is 2.64. The first-order chi connectivity index (χ1) is 5.80. The molecule has 0 radical (unpaired) electrons. The number of rotatable bonds is 0. The van der Waals surface area contributed by atoms with E-state index in [2.05, 4.69) is 31.2 Å². The van der Waals surface area contributed by atoms with E-state index in [9.17, 15) is 0 Å². The molecule has 1 saturated carbocycles. The lowest BCUT2D eigenvalue weighted by atomic mass is 9.85. The van der Waals surface area contributed by atoms with Gasteiger partial charge in [-0.05, 0) is 41.7 Å². The van der Waals surface area contributed by atoms with Crippen molar-refractivity contribution < 1.29 is 0 Å². The van der Waals surface area contributed by atoms with Gasteiger partial charge in [0.05, 0.1) is 0 Å². The second-order valence-electron chi connectivity index (χ2n) is 4.61. The molecular formula is C12H14. The van der Waals surface area contributed by atoms with Crippen LogP contribution in [0.2, 0.25) is 0 Å². The molecule has 2 aliphatic carbocycles. The number of hydrogen-bond donors (Lipinski definition) is 0. The third kappa shape index (κ3) is 0.730. The summed E-state index contributed by atoms with van der Waals surface area (Å²) >= 11 is 0. The van der Waals surface area contributed by atoms with Gasteiger partial charge in [0.15, 0.2) is 0 Å². The third-order valence-corrected chi connectivity index (χ3v) is 3.75. The third-order valence-electron chi connectivity index (χ3n) is 3.75. The first-order valence-corrected chi connectivity index (χ1v) is 4.87. The van der Waals surface area contributed by atoms with Crippen LogP contribution in [0.3, 0.4) is 0 Å². The van der Waals surface area contributed by atoms with Gasteiger partial charge in [-0.15, -0.1) is 0 Å². The molecule has 2 unspecified atom stereocenters. The summed E-state index contributed by atoms with van der Waals surface area (Å²) in [5.41, 5.74) is 3.94. The average molecular weight is 158 g/mol. The summed E-state index contributed by atoms with van der Waals surface area (Å²) in [4.78, 5) is 0. The summed E-state index contributed by atoms with van der Waals surface area (Å²) in [6, 6.07) is 8.98. The molecule has 0 heterocycles. The topological polar surface area (TPSA) is 0 Å². The predicted molar refractivity (Wildman–Crippen MR) is 50.2 cm³/mol. The van der Waals surface area contributed by atoms with Crippen LogP contribution >= 0.6 is 0 Å². The van der Waals surface area contributed by atoms with Crippen molar-refractivity contribution in [3.8, 4) is 0 Å². The Hall–Kier alpha value is -0.780. The van der Waals surface area contributed by atoms with E-state index in [-0.39, 0.29) is 0 Å². The molecule has 0 amide bonds. The van der Waals surface area contributed by atoms with E-state index < -0.39 is 0 Å². The summed E-state index contributed by atoms with van der Waals surface area (Å²) in [6.07, 6.45) is 4.15. The highest BCUT2D eigenvalue weighted by atomic mass is 14.6. The lowest BCUT2D eigenvalue weighted by molar-refractivity contribution is 0.478. The van der Waals surface area contributed by atoms with Crippen molar-refractivity contribution >= 4 is 0 Å². The van der Waals surface area contributed by atoms with E-state index >= 15 is 0 Å². The Morgan fingerprint density at radius 1 is 1.33 bits per heavy atom. The largest absolute Gasteiger partial charge is 0.0620 e. The zero-order valence-corrected chi connectivity index (χ0v) is 7.51. The number of hydrogen-bond acceptors (Lipinski definition) is 0. The molecule has 0 saturated heterocycles. The van der Waals surface area contributed by atoms with Crippen LogP contribution in [-0.4, -0.2) is 0 Å². The zero-order valence-electron chi connectivity index (χ0n) is 7.51. The Morgan fingerprint density at radius 2 is 2.17 bits per heavy atom. The van der Waals surface area contributed by atoms with Gasteiger partial charge < -0.3 is 0 Å². The van der Waals surface area contributed by atoms with Gasteiger partial charge in [0.1, 0.15) is 0 Å². The van der Waals surface area contributed by atoms with Crippen LogP contribution in [0.1, 0.15) is 36.8 Å². The van der Waals surface area contributed by atoms with Crippen LogP contribution < -0.4 is 0 Å². The zero-order chi connectivity index (χ0) is 8.18. The Kier molecular flexibility index (Phi) is 1.08. The molecule has 0 spiro atoms. The Labute approximate surface area is 73.6 Å². The van der Waals surface area contributed by atoms with E-state index in [0.29, 0.717) is 5.41 Å². The molecule has 1 aromatic carbocycles. The summed E-state index contributed by atoms with van der Waals surface area (Å²) < 4.78 is 0. The van der Waals surface area contributed by atoms with Gasteiger partial charge in [-0.3, -0.25) is 0 Å². The first-order valence-electron chi connectivity index (χ1n) is 4.87. The molecule has 1 aromatic rings. The lowest BCUT2D eigenvalue weighted by Crippen LogP contribution is -2.08. The molecule has 0 nitrogen and oxygen atoms in total. The smallest absolute Gasteiger partial charge is 0.00995 e. The van der Waals surface area contributed by atoms with Gasteiger partial charge in [-0.25, -0.2) is 0 Å². The molecule has 1 fully saturated rings. The standard InChI is InChI=1S/C12H14/c1-12-7-6-9-4-2-3-5-10(9)11(12)8-12/h2-5,11H,6-8H2,1H3. The summed E-state index contributed by atoms with van der Waals surface area (Å²) in [6.45, 7) is 2.44. The van der Waals surface area contributed by atoms with Crippen LogP contribution in [-0.2, 0) is 6.42 Å². The molecule has 12 heavy (non-hydrogen) atoms. The second kappa shape index (κ2) is 1.93. The molecule has 0 N–H and O–H groups in total. The second-order valence-corrected chi connectivity index (χ2v) is 4.61. The quantitative estimate of drug-likeness (QED) is 0.544. The maximum absolute atomic E-state index is 2.44. The molecule has 0 heteroatoms. The van der Waals surface area contributed by atoms with Crippen LogP contribution in [0.5, 0.6) is 0 Å². The maximum Gasteiger partial charge on any atom is -0.00995 e. The Balaban J connectivity index is 2.12. The fourth-order valence-electron chi connectivity index (χ4n) is 2.69. The Morgan fingerprint density at radius 3 is 3.08 bits per heavy atom. The van der Waals surface area contributed by atoms with Crippen molar-refractivity contribution in [3.63, 3.8) is 0 Å². The highest BCUT2D eigenvalue weighted by Gasteiger charge is 2.52. The fourth-order valence-corrected chi connectivity index (χ4v) is 2.69. The van der Waals surface area contributed by atoms with Crippen LogP contribution in [0.15, 0.2) is 24.3 Å². The van der Waals surface area contributed by atoms with Crippen molar-refractivity contribution in [2.75, 3.05) is 0 Å².